The van der Waals surface area contributed by atoms with Crippen LogP contribution in [0.15, 0.2) is 0 Å². The number of hydrogen-bond acceptors (Lipinski definition) is 3. The molecule has 1 heterocycles. The molecule has 1 aliphatic rings. The fraction of sp³-hybridized carbons (Fsp3) is 0.846. The van der Waals surface area contributed by atoms with E-state index in [1.54, 1.807) is 11.8 Å². The van der Waals surface area contributed by atoms with Crippen LogP contribution in [-0.4, -0.2) is 35.5 Å². The summed E-state index contributed by atoms with van der Waals surface area (Å²) >= 11 is 0. The molecule has 0 aliphatic carbocycles. The number of carbonyl (C=O) groups is 2. The van der Waals surface area contributed by atoms with Gasteiger partial charge in [0.15, 0.2) is 0 Å². The van der Waals surface area contributed by atoms with E-state index in [1.165, 1.54) is 6.92 Å². The van der Waals surface area contributed by atoms with Crippen molar-refractivity contribution in [3.05, 3.63) is 0 Å². The summed E-state index contributed by atoms with van der Waals surface area (Å²) in [5, 5.41) is 0. The second kappa shape index (κ2) is 5.52. The molecule has 4 nitrogen and oxygen atoms in total. The van der Waals surface area contributed by atoms with Crippen LogP contribution in [0.1, 0.15) is 47.0 Å². The first kappa shape index (κ1) is 14.0. The monoisotopic (exact) mass is 241 g/mol. The molecule has 0 aromatic heterocycles. The van der Waals surface area contributed by atoms with Gasteiger partial charge < -0.3 is 9.64 Å². The molecule has 0 saturated carbocycles. The largest absolute Gasteiger partial charge is 0.464 e. The fourth-order valence-corrected chi connectivity index (χ4v) is 3.08. The third-order valence-electron chi connectivity index (χ3n) is 3.90. The van der Waals surface area contributed by atoms with Crippen LogP contribution in [0.2, 0.25) is 0 Å². The predicted molar refractivity (Wildman–Crippen MR) is 65.4 cm³/mol. The maximum Gasteiger partial charge on any atom is 0.332 e. The Balaban J connectivity index is 3.11. The number of ether oxygens (including phenoxy) is 1. The summed E-state index contributed by atoms with van der Waals surface area (Å²) in [6.45, 7) is 8.39. The summed E-state index contributed by atoms with van der Waals surface area (Å²) in [4.78, 5) is 25.7. The zero-order valence-electron chi connectivity index (χ0n) is 11.3. The van der Waals surface area contributed by atoms with Gasteiger partial charge in [-0.25, -0.2) is 4.79 Å². The van der Waals surface area contributed by atoms with Gasteiger partial charge in [0.05, 0.1) is 6.61 Å². The van der Waals surface area contributed by atoms with E-state index in [9.17, 15) is 9.59 Å². The van der Waals surface area contributed by atoms with E-state index in [2.05, 4.69) is 6.92 Å². The molecule has 0 radical (unpaired) electrons. The van der Waals surface area contributed by atoms with E-state index < -0.39 is 5.54 Å². The van der Waals surface area contributed by atoms with Crippen molar-refractivity contribution < 1.29 is 14.3 Å². The van der Waals surface area contributed by atoms with E-state index in [0.29, 0.717) is 19.6 Å². The van der Waals surface area contributed by atoms with E-state index >= 15 is 0 Å². The Kier molecular flexibility index (Phi) is 4.54. The Hall–Kier alpha value is -1.06. The minimum atomic E-state index is -0.726. The van der Waals surface area contributed by atoms with Crippen molar-refractivity contribution in [2.24, 2.45) is 5.92 Å². The quantitative estimate of drug-likeness (QED) is 0.707. The first-order valence-electron chi connectivity index (χ1n) is 6.49. The molecular weight excluding hydrogens is 218 g/mol. The van der Waals surface area contributed by atoms with Gasteiger partial charge in [-0.1, -0.05) is 20.3 Å². The van der Waals surface area contributed by atoms with Gasteiger partial charge in [-0.2, -0.15) is 0 Å². The lowest BCUT2D eigenvalue weighted by atomic mass is 9.80. The Morgan fingerprint density at radius 3 is 2.41 bits per heavy atom. The van der Waals surface area contributed by atoms with Crippen LogP contribution in [0.25, 0.3) is 0 Å². The average Bonchev–Trinajstić information content (AvgIpc) is 2.68. The molecule has 1 saturated heterocycles. The van der Waals surface area contributed by atoms with Crippen LogP contribution in [0.3, 0.4) is 0 Å². The molecule has 0 bridgehead atoms. The number of likely N-dealkylation sites (tertiary alicyclic amines) is 1. The normalized spacial score (nSPS) is 28.2. The minimum absolute atomic E-state index is 0.0316. The van der Waals surface area contributed by atoms with Crippen molar-refractivity contribution in [2.75, 3.05) is 13.2 Å². The standard InChI is InChI=1S/C13H23NO3/c1-5-11-8-9-14(10(4)15)13(11,6-2)12(16)17-7-3/h11H,5-9H2,1-4H3. The van der Waals surface area contributed by atoms with Crippen molar-refractivity contribution in [3.63, 3.8) is 0 Å². The highest BCUT2D eigenvalue weighted by molar-refractivity contribution is 5.88. The molecule has 4 heteroatoms. The smallest absolute Gasteiger partial charge is 0.332 e. The van der Waals surface area contributed by atoms with Crippen molar-refractivity contribution in [3.8, 4) is 0 Å². The Bertz CT molecular complexity index is 303. The number of rotatable bonds is 4. The second-order valence-corrected chi connectivity index (χ2v) is 4.56. The van der Waals surface area contributed by atoms with Crippen LogP contribution < -0.4 is 0 Å². The second-order valence-electron chi connectivity index (χ2n) is 4.56. The lowest BCUT2D eigenvalue weighted by molar-refractivity contribution is -0.164. The summed E-state index contributed by atoms with van der Waals surface area (Å²) in [5.41, 5.74) is -0.726. The topological polar surface area (TPSA) is 46.6 Å². The van der Waals surface area contributed by atoms with E-state index in [4.69, 9.17) is 4.74 Å². The van der Waals surface area contributed by atoms with Gasteiger partial charge in [0.2, 0.25) is 5.91 Å². The third-order valence-corrected chi connectivity index (χ3v) is 3.90. The fourth-order valence-electron chi connectivity index (χ4n) is 3.08. The molecule has 0 spiro atoms. The minimum Gasteiger partial charge on any atom is -0.464 e. The van der Waals surface area contributed by atoms with E-state index in [0.717, 1.165) is 12.8 Å². The molecule has 1 rings (SSSR count). The van der Waals surface area contributed by atoms with E-state index in [1.807, 2.05) is 6.92 Å². The number of carbonyl (C=O) groups excluding carboxylic acids is 2. The van der Waals surface area contributed by atoms with Gasteiger partial charge >= 0.3 is 5.97 Å². The van der Waals surface area contributed by atoms with Gasteiger partial charge in [0.25, 0.3) is 0 Å². The molecule has 1 fully saturated rings. The van der Waals surface area contributed by atoms with Gasteiger partial charge in [-0.15, -0.1) is 0 Å². The average molecular weight is 241 g/mol. The van der Waals surface area contributed by atoms with Crippen LogP contribution in [0.5, 0.6) is 0 Å². The SMILES string of the molecule is CCOC(=O)C1(CC)C(CC)CCN1C(C)=O. The third kappa shape index (κ3) is 2.17. The molecule has 2 unspecified atom stereocenters. The Morgan fingerprint density at radius 2 is 2.00 bits per heavy atom. The molecule has 1 amide bonds. The summed E-state index contributed by atoms with van der Waals surface area (Å²) < 4.78 is 5.20. The molecule has 0 aromatic rings. The van der Waals surface area contributed by atoms with Crippen LogP contribution in [-0.2, 0) is 14.3 Å². The van der Waals surface area contributed by atoms with Crippen LogP contribution in [0.4, 0.5) is 0 Å². The highest BCUT2D eigenvalue weighted by atomic mass is 16.5. The van der Waals surface area contributed by atoms with Crippen molar-refractivity contribution in [1.29, 1.82) is 0 Å². The molecule has 17 heavy (non-hydrogen) atoms. The maximum atomic E-state index is 12.3. The zero-order chi connectivity index (χ0) is 13.1. The summed E-state index contributed by atoms with van der Waals surface area (Å²) in [7, 11) is 0. The number of esters is 1. The zero-order valence-corrected chi connectivity index (χ0v) is 11.3. The molecule has 1 aliphatic heterocycles. The Labute approximate surface area is 103 Å². The highest BCUT2D eigenvalue weighted by Crippen LogP contribution is 2.40. The van der Waals surface area contributed by atoms with Gasteiger partial charge in [0.1, 0.15) is 5.54 Å². The predicted octanol–water partition coefficient (Wildman–Crippen LogP) is 1.98. The highest BCUT2D eigenvalue weighted by Gasteiger charge is 2.54. The summed E-state index contributed by atoms with van der Waals surface area (Å²) in [6, 6.07) is 0. The number of amides is 1. The lowest BCUT2D eigenvalue weighted by Gasteiger charge is -2.38. The summed E-state index contributed by atoms with van der Waals surface area (Å²) in [6.07, 6.45) is 2.42. The van der Waals surface area contributed by atoms with Crippen molar-refractivity contribution in [2.45, 2.75) is 52.5 Å². The first-order chi connectivity index (χ1) is 8.04. The first-order valence-corrected chi connectivity index (χ1v) is 6.49. The van der Waals surface area contributed by atoms with Gasteiger partial charge in [0, 0.05) is 13.5 Å². The molecule has 98 valence electrons. The van der Waals surface area contributed by atoms with Crippen molar-refractivity contribution >= 4 is 11.9 Å². The molecular formula is C13H23NO3. The van der Waals surface area contributed by atoms with Crippen molar-refractivity contribution in [1.82, 2.24) is 4.90 Å². The molecule has 2 atom stereocenters. The van der Waals surface area contributed by atoms with Crippen LogP contribution in [0, 0.1) is 5.92 Å². The van der Waals surface area contributed by atoms with Gasteiger partial charge in [-0.05, 0) is 25.7 Å². The van der Waals surface area contributed by atoms with Gasteiger partial charge in [-0.3, -0.25) is 4.79 Å². The Morgan fingerprint density at radius 1 is 1.35 bits per heavy atom. The molecule has 0 aromatic carbocycles. The van der Waals surface area contributed by atoms with Crippen LogP contribution >= 0.6 is 0 Å². The number of nitrogens with zero attached hydrogens (tertiary/aromatic N) is 1. The number of hydrogen-bond donors (Lipinski definition) is 0. The summed E-state index contributed by atoms with van der Waals surface area (Å²) in [5.74, 6) is -0.0478. The van der Waals surface area contributed by atoms with E-state index in [-0.39, 0.29) is 17.8 Å². The maximum absolute atomic E-state index is 12.3. The molecule has 0 N–H and O–H groups in total. The lowest BCUT2D eigenvalue weighted by Crippen LogP contribution is -2.56.